The van der Waals surface area contributed by atoms with Gasteiger partial charge in [0.2, 0.25) is 5.28 Å². The molecular formula is C20H17ClN4O2. The standard InChI is InChI=1S/C20H17ClN4O2/c1-27-25-19(26)17-18(23-20(25)21)24(13-15-10-6-3-7-11-15)16(22-17)12-14-8-4-2-5-9-14/h2-11H,12-13H2,1H3. The molecule has 0 saturated heterocycles. The number of nitrogens with zero attached hydrogens (tertiary/aromatic N) is 4. The fraction of sp³-hybridized carbons (Fsp3) is 0.150. The summed E-state index contributed by atoms with van der Waals surface area (Å²) in [5.74, 6) is 0.745. The van der Waals surface area contributed by atoms with E-state index in [9.17, 15) is 4.79 Å². The minimum absolute atomic E-state index is 0.0320. The Morgan fingerprint density at radius 1 is 0.963 bits per heavy atom. The summed E-state index contributed by atoms with van der Waals surface area (Å²) in [6.07, 6.45) is 0.577. The van der Waals surface area contributed by atoms with E-state index in [4.69, 9.17) is 16.4 Å². The lowest BCUT2D eigenvalue weighted by atomic mass is 10.1. The summed E-state index contributed by atoms with van der Waals surface area (Å²) < 4.78 is 2.88. The summed E-state index contributed by atoms with van der Waals surface area (Å²) in [7, 11) is 1.37. The molecule has 0 saturated carbocycles. The van der Waals surface area contributed by atoms with Crippen LogP contribution in [0.15, 0.2) is 65.5 Å². The summed E-state index contributed by atoms with van der Waals surface area (Å²) in [6.45, 7) is 0.541. The zero-order chi connectivity index (χ0) is 18.8. The Morgan fingerprint density at radius 3 is 2.22 bits per heavy atom. The average Bonchev–Trinajstić information content (AvgIpc) is 3.01. The highest BCUT2D eigenvalue weighted by Crippen LogP contribution is 2.18. The molecule has 0 atom stereocenters. The molecule has 0 aliphatic rings. The maximum absolute atomic E-state index is 12.7. The van der Waals surface area contributed by atoms with E-state index in [1.165, 1.54) is 7.11 Å². The average molecular weight is 381 g/mol. The molecule has 0 N–H and O–H groups in total. The van der Waals surface area contributed by atoms with E-state index in [1.54, 1.807) is 0 Å². The van der Waals surface area contributed by atoms with Gasteiger partial charge in [-0.3, -0.25) is 4.79 Å². The molecule has 2 heterocycles. The molecule has 0 unspecified atom stereocenters. The molecule has 136 valence electrons. The fourth-order valence-corrected chi connectivity index (χ4v) is 3.29. The molecule has 4 aromatic rings. The van der Waals surface area contributed by atoms with Gasteiger partial charge in [-0.2, -0.15) is 4.98 Å². The normalized spacial score (nSPS) is 11.0. The lowest BCUT2D eigenvalue weighted by Gasteiger charge is -2.10. The quantitative estimate of drug-likeness (QED) is 0.499. The van der Waals surface area contributed by atoms with E-state index < -0.39 is 5.56 Å². The third kappa shape index (κ3) is 3.31. The lowest BCUT2D eigenvalue weighted by molar-refractivity contribution is 0.156. The molecular weight excluding hydrogens is 364 g/mol. The predicted molar refractivity (Wildman–Crippen MR) is 104 cm³/mol. The van der Waals surface area contributed by atoms with Crippen LogP contribution in [0.5, 0.6) is 0 Å². The molecule has 27 heavy (non-hydrogen) atoms. The van der Waals surface area contributed by atoms with E-state index >= 15 is 0 Å². The first-order valence-electron chi connectivity index (χ1n) is 8.47. The molecule has 7 heteroatoms. The van der Waals surface area contributed by atoms with Crippen LogP contribution in [0, 0.1) is 0 Å². The third-order valence-electron chi connectivity index (χ3n) is 4.34. The number of hydrogen-bond donors (Lipinski definition) is 0. The van der Waals surface area contributed by atoms with Crippen molar-refractivity contribution in [2.45, 2.75) is 13.0 Å². The van der Waals surface area contributed by atoms with E-state index in [-0.39, 0.29) is 10.8 Å². The number of benzene rings is 2. The largest absolute Gasteiger partial charge is 0.411 e. The maximum atomic E-state index is 12.7. The summed E-state index contributed by atoms with van der Waals surface area (Å²) in [4.78, 5) is 26.7. The van der Waals surface area contributed by atoms with Crippen molar-refractivity contribution in [3.8, 4) is 0 Å². The number of imidazole rings is 1. The number of rotatable bonds is 5. The number of fused-ring (bicyclic) bond motifs is 1. The van der Waals surface area contributed by atoms with Crippen molar-refractivity contribution >= 4 is 22.8 Å². The molecule has 0 fully saturated rings. The van der Waals surface area contributed by atoms with Gasteiger partial charge in [-0.25, -0.2) is 4.98 Å². The van der Waals surface area contributed by atoms with Crippen LogP contribution in [0.25, 0.3) is 11.2 Å². The van der Waals surface area contributed by atoms with Crippen molar-refractivity contribution in [3.63, 3.8) is 0 Å². The minimum atomic E-state index is -0.423. The Kier molecular flexibility index (Phi) is 4.64. The molecule has 0 spiro atoms. The van der Waals surface area contributed by atoms with Gasteiger partial charge in [0, 0.05) is 6.42 Å². The van der Waals surface area contributed by atoms with Crippen molar-refractivity contribution in [2.24, 2.45) is 0 Å². The van der Waals surface area contributed by atoms with Crippen LogP contribution in [0.4, 0.5) is 0 Å². The second-order valence-electron chi connectivity index (χ2n) is 6.10. The van der Waals surface area contributed by atoms with E-state index in [0.29, 0.717) is 18.6 Å². The Hall–Kier alpha value is -3.12. The van der Waals surface area contributed by atoms with Gasteiger partial charge >= 0.3 is 5.56 Å². The van der Waals surface area contributed by atoms with Crippen LogP contribution < -0.4 is 10.4 Å². The van der Waals surface area contributed by atoms with Gasteiger partial charge in [0.05, 0.1) is 6.54 Å². The molecule has 0 aliphatic carbocycles. The monoisotopic (exact) mass is 380 g/mol. The van der Waals surface area contributed by atoms with Gasteiger partial charge < -0.3 is 9.40 Å². The Morgan fingerprint density at radius 2 is 1.59 bits per heavy atom. The number of hydrogen-bond acceptors (Lipinski definition) is 4. The van der Waals surface area contributed by atoms with Gasteiger partial charge in [0.1, 0.15) is 12.9 Å². The molecule has 4 rings (SSSR count). The third-order valence-corrected chi connectivity index (χ3v) is 4.58. The molecule has 0 bridgehead atoms. The van der Waals surface area contributed by atoms with Crippen LogP contribution in [0.2, 0.25) is 5.28 Å². The first-order chi connectivity index (χ1) is 13.2. The summed E-state index contributed by atoms with van der Waals surface area (Å²) >= 11 is 6.14. The lowest BCUT2D eigenvalue weighted by Crippen LogP contribution is -2.26. The Balaban J connectivity index is 1.90. The zero-order valence-electron chi connectivity index (χ0n) is 14.7. The predicted octanol–water partition coefficient (Wildman–Crippen LogP) is 2.94. The van der Waals surface area contributed by atoms with Crippen molar-refractivity contribution in [1.29, 1.82) is 0 Å². The first kappa shape index (κ1) is 17.3. The van der Waals surface area contributed by atoms with Crippen LogP contribution >= 0.6 is 11.6 Å². The second kappa shape index (κ2) is 7.25. The zero-order valence-corrected chi connectivity index (χ0v) is 15.4. The highest BCUT2D eigenvalue weighted by Gasteiger charge is 2.19. The number of aromatic nitrogens is 4. The van der Waals surface area contributed by atoms with Crippen LogP contribution in [-0.4, -0.2) is 26.4 Å². The summed E-state index contributed by atoms with van der Waals surface area (Å²) in [6, 6.07) is 19.9. The van der Waals surface area contributed by atoms with E-state index in [1.807, 2.05) is 65.2 Å². The minimum Gasteiger partial charge on any atom is -0.411 e. The molecule has 6 nitrogen and oxygen atoms in total. The topological polar surface area (TPSA) is 61.9 Å². The van der Waals surface area contributed by atoms with Crippen molar-refractivity contribution in [3.05, 3.63) is 93.3 Å². The number of halogens is 1. The van der Waals surface area contributed by atoms with Crippen molar-refractivity contribution in [1.82, 2.24) is 19.3 Å². The van der Waals surface area contributed by atoms with Crippen LogP contribution in [0.1, 0.15) is 17.0 Å². The van der Waals surface area contributed by atoms with Crippen molar-refractivity contribution in [2.75, 3.05) is 7.11 Å². The Bertz CT molecular complexity index is 1140. The van der Waals surface area contributed by atoms with E-state index in [2.05, 4.69) is 9.97 Å². The van der Waals surface area contributed by atoms with Gasteiger partial charge in [-0.15, -0.1) is 4.73 Å². The summed E-state index contributed by atoms with van der Waals surface area (Å²) in [5.41, 5.74) is 2.45. The van der Waals surface area contributed by atoms with Gasteiger partial charge in [0.15, 0.2) is 11.2 Å². The molecule has 0 aliphatic heterocycles. The molecule has 2 aromatic heterocycles. The maximum Gasteiger partial charge on any atom is 0.315 e. The van der Waals surface area contributed by atoms with Gasteiger partial charge in [-0.05, 0) is 22.7 Å². The van der Waals surface area contributed by atoms with Crippen molar-refractivity contribution < 1.29 is 4.84 Å². The van der Waals surface area contributed by atoms with E-state index in [0.717, 1.165) is 21.7 Å². The van der Waals surface area contributed by atoms with Crippen LogP contribution in [-0.2, 0) is 13.0 Å². The van der Waals surface area contributed by atoms with Gasteiger partial charge in [0.25, 0.3) is 0 Å². The molecule has 0 radical (unpaired) electrons. The fourth-order valence-electron chi connectivity index (χ4n) is 3.06. The highest BCUT2D eigenvalue weighted by molar-refractivity contribution is 6.28. The highest BCUT2D eigenvalue weighted by atomic mass is 35.5. The molecule has 0 amide bonds. The van der Waals surface area contributed by atoms with Gasteiger partial charge in [-0.1, -0.05) is 60.7 Å². The Labute approximate surface area is 160 Å². The molecule has 2 aromatic carbocycles. The SMILES string of the molecule is COn1c(Cl)nc2c(nc(Cc3ccccc3)n2Cc2ccccc2)c1=O. The van der Waals surface area contributed by atoms with Crippen LogP contribution in [0.3, 0.4) is 0 Å². The first-order valence-corrected chi connectivity index (χ1v) is 8.85. The smallest absolute Gasteiger partial charge is 0.315 e. The second-order valence-corrected chi connectivity index (χ2v) is 6.44. The summed E-state index contributed by atoms with van der Waals surface area (Å²) in [5, 5.41) is -0.0320.